The lowest BCUT2D eigenvalue weighted by Gasteiger charge is -2.31. The predicted octanol–water partition coefficient (Wildman–Crippen LogP) is 2.34. The van der Waals surface area contributed by atoms with Crippen LogP contribution < -0.4 is 5.73 Å². The highest BCUT2D eigenvalue weighted by Gasteiger charge is 2.25. The Hall–Kier alpha value is -1.44. The number of ether oxygens (including phenoxy) is 2. The first-order valence-electron chi connectivity index (χ1n) is 8.10. The second-order valence-electron chi connectivity index (χ2n) is 7.04. The van der Waals surface area contributed by atoms with E-state index in [0.717, 1.165) is 32.6 Å². The predicted molar refractivity (Wildman–Crippen MR) is 106 cm³/mol. The molecule has 0 aliphatic rings. The molecule has 0 spiro atoms. The molecule has 2 N–H and O–H groups in total. The van der Waals surface area contributed by atoms with Crippen LogP contribution in [0.25, 0.3) is 0 Å². The molecule has 0 aromatic heterocycles. The SMILES string of the molecule is C=O.C=O.C=O.C=O.COCC(C)(C)CCC(CN)CC(C)(C)COC. The summed E-state index contributed by atoms with van der Waals surface area (Å²) in [5.41, 5.74) is 6.36. The van der Waals surface area contributed by atoms with E-state index >= 15 is 0 Å². The van der Waals surface area contributed by atoms with Crippen molar-refractivity contribution in [1.29, 1.82) is 0 Å². The summed E-state index contributed by atoms with van der Waals surface area (Å²) in [6.07, 6.45) is 3.45. The molecule has 0 aliphatic heterocycles. The molecule has 7 nitrogen and oxygen atoms in total. The van der Waals surface area contributed by atoms with Gasteiger partial charge in [0, 0.05) is 14.2 Å². The van der Waals surface area contributed by atoms with Crippen LogP contribution in [-0.2, 0) is 28.7 Å². The summed E-state index contributed by atoms with van der Waals surface area (Å²) in [5.74, 6) is 0.575. The van der Waals surface area contributed by atoms with Gasteiger partial charge in [0.2, 0.25) is 0 Å². The van der Waals surface area contributed by atoms with Crippen LogP contribution in [0.2, 0.25) is 0 Å². The molecule has 0 saturated heterocycles. The van der Waals surface area contributed by atoms with E-state index in [-0.39, 0.29) is 10.8 Å². The number of methoxy groups -OCH3 is 2. The summed E-state index contributed by atoms with van der Waals surface area (Å²) >= 11 is 0. The van der Waals surface area contributed by atoms with Crippen molar-refractivity contribution in [2.45, 2.75) is 47.0 Å². The number of nitrogens with two attached hydrogens (primary N) is 1. The second kappa shape index (κ2) is 25.8. The van der Waals surface area contributed by atoms with Crippen LogP contribution in [0, 0.1) is 16.7 Å². The largest absolute Gasteiger partial charge is 0.384 e. The molecule has 0 saturated carbocycles. The van der Waals surface area contributed by atoms with Crippen molar-refractivity contribution in [3.05, 3.63) is 0 Å². The molecule has 158 valence electrons. The van der Waals surface area contributed by atoms with Crippen molar-refractivity contribution in [1.82, 2.24) is 0 Å². The summed E-state index contributed by atoms with van der Waals surface area (Å²) in [7, 11) is 3.53. The maximum Gasteiger partial charge on any atom is 0.106 e. The fourth-order valence-electron chi connectivity index (χ4n) is 2.59. The molecule has 1 atom stereocenters. The summed E-state index contributed by atoms with van der Waals surface area (Å²) < 4.78 is 10.5. The van der Waals surface area contributed by atoms with Crippen LogP contribution in [-0.4, -0.2) is 61.1 Å². The fourth-order valence-corrected chi connectivity index (χ4v) is 2.59. The van der Waals surface area contributed by atoms with Crippen LogP contribution in [0.1, 0.15) is 47.0 Å². The molecule has 0 aromatic carbocycles. The van der Waals surface area contributed by atoms with Crippen molar-refractivity contribution in [2.75, 3.05) is 34.0 Å². The van der Waals surface area contributed by atoms with E-state index in [2.05, 4.69) is 27.7 Å². The van der Waals surface area contributed by atoms with Gasteiger partial charge in [-0.2, -0.15) is 0 Å². The maximum absolute atomic E-state index is 8.00. The van der Waals surface area contributed by atoms with E-state index in [1.54, 1.807) is 14.2 Å². The minimum absolute atomic E-state index is 0.212. The van der Waals surface area contributed by atoms with Crippen molar-refractivity contribution in [2.24, 2.45) is 22.5 Å². The van der Waals surface area contributed by atoms with Crippen LogP contribution in [0.15, 0.2) is 0 Å². The Bertz CT molecular complexity index is 267. The van der Waals surface area contributed by atoms with Gasteiger partial charge in [-0.05, 0) is 42.6 Å². The van der Waals surface area contributed by atoms with Crippen molar-refractivity contribution >= 4 is 27.2 Å². The van der Waals surface area contributed by atoms with Gasteiger partial charge in [0.15, 0.2) is 0 Å². The Morgan fingerprint density at radius 3 is 1.42 bits per heavy atom. The van der Waals surface area contributed by atoms with Crippen LogP contribution >= 0.6 is 0 Å². The number of hydrogen-bond donors (Lipinski definition) is 1. The Labute approximate surface area is 160 Å². The highest BCUT2D eigenvalue weighted by atomic mass is 16.5. The van der Waals surface area contributed by atoms with Crippen molar-refractivity contribution in [3.63, 3.8) is 0 Å². The zero-order valence-electron chi connectivity index (χ0n) is 17.7. The van der Waals surface area contributed by atoms with E-state index in [9.17, 15) is 0 Å². The molecule has 0 fully saturated rings. The van der Waals surface area contributed by atoms with Gasteiger partial charge >= 0.3 is 0 Å². The molecule has 1 unspecified atom stereocenters. The van der Waals surface area contributed by atoms with Gasteiger partial charge in [-0.1, -0.05) is 27.7 Å². The zero-order chi connectivity index (χ0) is 22.2. The van der Waals surface area contributed by atoms with Crippen molar-refractivity contribution < 1.29 is 28.7 Å². The molecular weight excluding hydrogens is 338 g/mol. The molecule has 0 amide bonds. The van der Waals surface area contributed by atoms with E-state index in [4.69, 9.17) is 34.4 Å². The third kappa shape index (κ3) is 27.4. The smallest absolute Gasteiger partial charge is 0.106 e. The molecule has 0 radical (unpaired) electrons. The number of hydrogen-bond acceptors (Lipinski definition) is 7. The van der Waals surface area contributed by atoms with E-state index < -0.39 is 0 Å². The normalized spacial score (nSPS) is 10.9. The molecule has 0 aromatic rings. The summed E-state index contributed by atoms with van der Waals surface area (Å²) in [4.78, 5) is 32.0. The minimum atomic E-state index is 0.212. The Balaban J connectivity index is -0.000000160. The number of carbonyl (C=O) groups is 4. The summed E-state index contributed by atoms with van der Waals surface area (Å²) in [6, 6.07) is 0. The third-order valence-electron chi connectivity index (χ3n) is 3.47. The Morgan fingerprint density at radius 2 is 1.12 bits per heavy atom. The van der Waals surface area contributed by atoms with Gasteiger partial charge in [0.1, 0.15) is 27.2 Å². The molecule has 26 heavy (non-hydrogen) atoms. The van der Waals surface area contributed by atoms with Crippen LogP contribution in [0.5, 0.6) is 0 Å². The van der Waals surface area contributed by atoms with E-state index in [0.29, 0.717) is 5.92 Å². The number of rotatable bonds is 10. The fraction of sp³-hybridized carbons (Fsp3) is 0.789. The topological polar surface area (TPSA) is 113 Å². The first kappa shape index (κ1) is 35.6. The van der Waals surface area contributed by atoms with Gasteiger partial charge in [0.05, 0.1) is 13.2 Å². The van der Waals surface area contributed by atoms with Gasteiger partial charge in [-0.3, -0.25) is 0 Å². The van der Waals surface area contributed by atoms with Crippen LogP contribution in [0.4, 0.5) is 0 Å². The first-order valence-corrected chi connectivity index (χ1v) is 8.10. The molecular formula is C19H41NO6. The van der Waals surface area contributed by atoms with Crippen LogP contribution in [0.3, 0.4) is 0 Å². The maximum atomic E-state index is 8.00. The lowest BCUT2D eigenvalue weighted by atomic mass is 9.78. The summed E-state index contributed by atoms with van der Waals surface area (Å²) in [5, 5.41) is 0. The highest BCUT2D eigenvalue weighted by molar-refractivity contribution is 5.11. The van der Waals surface area contributed by atoms with Gasteiger partial charge in [-0.25, -0.2) is 0 Å². The first-order chi connectivity index (χ1) is 12.3. The minimum Gasteiger partial charge on any atom is -0.384 e. The molecule has 0 rings (SSSR count). The van der Waals surface area contributed by atoms with Gasteiger partial charge < -0.3 is 34.4 Å². The van der Waals surface area contributed by atoms with E-state index in [1.807, 2.05) is 27.2 Å². The molecule has 0 aliphatic carbocycles. The Kier molecular flexibility index (Phi) is 35.4. The van der Waals surface area contributed by atoms with Crippen molar-refractivity contribution in [3.8, 4) is 0 Å². The molecule has 0 bridgehead atoms. The highest BCUT2D eigenvalue weighted by Crippen LogP contribution is 2.31. The summed E-state index contributed by atoms with van der Waals surface area (Å²) in [6.45, 7) is 19.4. The monoisotopic (exact) mass is 379 g/mol. The number of carbonyl (C=O) groups excluding carboxylic acids is 4. The quantitative estimate of drug-likeness (QED) is 0.620. The second-order valence-corrected chi connectivity index (χ2v) is 7.04. The third-order valence-corrected chi connectivity index (χ3v) is 3.47. The molecule has 0 heterocycles. The Morgan fingerprint density at radius 1 is 0.769 bits per heavy atom. The van der Waals surface area contributed by atoms with Gasteiger partial charge in [-0.15, -0.1) is 0 Å². The van der Waals surface area contributed by atoms with Gasteiger partial charge in [0.25, 0.3) is 0 Å². The average Bonchev–Trinajstić information content (AvgIpc) is 2.65. The lowest BCUT2D eigenvalue weighted by molar-refractivity contribution is -0.0987. The molecule has 7 heteroatoms. The standard InChI is InChI=1S/C15H33NO2.4CH2O/c1-14(2,11-17-5)8-7-13(10-16)9-15(3,4)12-18-6;4*1-2/h13H,7-12,16H2,1-6H3;4*1H2. The lowest BCUT2D eigenvalue weighted by Crippen LogP contribution is -2.28. The van der Waals surface area contributed by atoms with E-state index in [1.165, 1.54) is 6.42 Å². The average molecular weight is 380 g/mol. The zero-order valence-corrected chi connectivity index (χ0v) is 17.7.